The maximum atomic E-state index is 12.1. The Labute approximate surface area is 143 Å². The minimum Gasteiger partial charge on any atom is -0.455 e. The molecular formula is C16H20N2O3S2. The van der Waals surface area contributed by atoms with Crippen LogP contribution in [0.25, 0.3) is 0 Å². The molecule has 0 atom stereocenters. The molecule has 124 valence electrons. The lowest BCUT2D eigenvalue weighted by molar-refractivity contribution is -0.116. The third-order valence-corrected chi connectivity index (χ3v) is 5.41. The van der Waals surface area contributed by atoms with Crippen LogP contribution in [0.5, 0.6) is 0 Å². The second-order valence-corrected chi connectivity index (χ2v) is 7.10. The minimum atomic E-state index is -0.328. The number of thiophene rings is 1. The van der Waals surface area contributed by atoms with Crippen LogP contribution in [0.3, 0.4) is 0 Å². The maximum Gasteiger partial charge on any atom is 0.348 e. The van der Waals surface area contributed by atoms with Gasteiger partial charge in [-0.15, -0.1) is 22.7 Å². The lowest BCUT2D eigenvalue weighted by atomic mass is 10.2. The molecule has 0 saturated heterocycles. The number of ether oxygens (including phenoxy) is 1. The second-order valence-electron chi connectivity index (χ2n) is 5.01. The van der Waals surface area contributed by atoms with E-state index in [9.17, 15) is 9.59 Å². The summed E-state index contributed by atoms with van der Waals surface area (Å²) in [6.45, 7) is 8.16. The second kappa shape index (κ2) is 7.70. The monoisotopic (exact) mass is 352 g/mol. The molecule has 23 heavy (non-hydrogen) atoms. The van der Waals surface area contributed by atoms with Crippen LogP contribution in [0.1, 0.15) is 46.6 Å². The lowest BCUT2D eigenvalue weighted by Gasteiger charge is -2.14. The number of rotatable bonds is 6. The number of anilines is 1. The smallest absolute Gasteiger partial charge is 0.348 e. The van der Waals surface area contributed by atoms with E-state index < -0.39 is 0 Å². The van der Waals surface area contributed by atoms with Crippen LogP contribution in [0.2, 0.25) is 0 Å². The molecule has 7 heteroatoms. The molecule has 0 radical (unpaired) electrons. The number of esters is 1. The molecule has 1 amide bonds. The summed E-state index contributed by atoms with van der Waals surface area (Å²) in [5, 5.41) is 2.44. The van der Waals surface area contributed by atoms with Crippen LogP contribution in [0, 0.1) is 6.92 Å². The number of nitrogens with zero attached hydrogens (tertiary/aromatic N) is 2. The highest BCUT2D eigenvalue weighted by molar-refractivity contribution is 7.14. The first-order chi connectivity index (χ1) is 11.0. The van der Waals surface area contributed by atoms with Crippen molar-refractivity contribution < 1.29 is 14.3 Å². The van der Waals surface area contributed by atoms with Crippen molar-refractivity contribution >= 4 is 39.7 Å². The van der Waals surface area contributed by atoms with Crippen LogP contribution in [-0.4, -0.2) is 23.4 Å². The van der Waals surface area contributed by atoms with Crippen molar-refractivity contribution in [3.8, 4) is 0 Å². The predicted molar refractivity (Wildman–Crippen MR) is 93.4 cm³/mol. The van der Waals surface area contributed by atoms with Gasteiger partial charge in [0.25, 0.3) is 0 Å². The molecule has 5 nitrogen and oxygen atoms in total. The van der Waals surface area contributed by atoms with E-state index in [-0.39, 0.29) is 18.5 Å². The summed E-state index contributed by atoms with van der Waals surface area (Å²) in [6, 6.07) is 1.89. The zero-order chi connectivity index (χ0) is 17.0. The number of hydrogen-bond acceptors (Lipinski definition) is 6. The molecule has 2 heterocycles. The van der Waals surface area contributed by atoms with E-state index in [0.29, 0.717) is 22.2 Å². The summed E-state index contributed by atoms with van der Waals surface area (Å²) in [5.74, 6) is -0.377. The molecular weight excluding hydrogens is 332 g/mol. The molecule has 0 saturated carbocycles. The highest BCUT2D eigenvalue weighted by atomic mass is 32.1. The van der Waals surface area contributed by atoms with E-state index >= 15 is 0 Å². The van der Waals surface area contributed by atoms with E-state index in [2.05, 4.69) is 11.9 Å². The molecule has 0 aliphatic carbocycles. The van der Waals surface area contributed by atoms with Gasteiger partial charge in [0.1, 0.15) is 11.5 Å². The Balaban J connectivity index is 1.99. The predicted octanol–water partition coefficient (Wildman–Crippen LogP) is 3.81. The third kappa shape index (κ3) is 4.17. The fourth-order valence-electron chi connectivity index (χ4n) is 2.16. The number of hydrogen-bond donors (Lipinski definition) is 0. The Bertz CT molecular complexity index is 706. The molecule has 0 spiro atoms. The summed E-state index contributed by atoms with van der Waals surface area (Å²) in [4.78, 5) is 31.3. The molecule has 0 bridgehead atoms. The van der Waals surface area contributed by atoms with Gasteiger partial charge in [-0.05, 0) is 31.9 Å². The van der Waals surface area contributed by atoms with Gasteiger partial charge in [-0.3, -0.25) is 9.69 Å². The first-order valence-corrected chi connectivity index (χ1v) is 9.14. The fraction of sp³-hybridized carbons (Fsp3) is 0.438. The van der Waals surface area contributed by atoms with E-state index in [1.807, 2.05) is 25.3 Å². The van der Waals surface area contributed by atoms with E-state index in [0.717, 1.165) is 11.3 Å². The zero-order valence-corrected chi connectivity index (χ0v) is 15.3. The van der Waals surface area contributed by atoms with Crippen LogP contribution < -0.4 is 4.90 Å². The van der Waals surface area contributed by atoms with Crippen LogP contribution >= 0.6 is 22.7 Å². The number of amides is 1. The van der Waals surface area contributed by atoms with Crippen molar-refractivity contribution in [1.29, 1.82) is 0 Å². The zero-order valence-electron chi connectivity index (χ0n) is 13.7. The van der Waals surface area contributed by atoms with Gasteiger partial charge in [-0.25, -0.2) is 9.78 Å². The van der Waals surface area contributed by atoms with Gasteiger partial charge in [0.15, 0.2) is 5.13 Å². The van der Waals surface area contributed by atoms with E-state index in [1.54, 1.807) is 4.90 Å². The molecule has 2 rings (SSSR count). The summed E-state index contributed by atoms with van der Waals surface area (Å²) >= 11 is 2.83. The van der Waals surface area contributed by atoms with Crippen LogP contribution in [0.4, 0.5) is 5.13 Å². The standard InChI is InChI=1S/C16H20N2O3S2/c1-5-12-7-14(23-10(12)3)15(20)21-8-13-9-22-16(17-13)18(6-2)11(4)19/h7,9H,5-6,8H2,1-4H3. The third-order valence-electron chi connectivity index (χ3n) is 3.42. The molecule has 0 aliphatic heterocycles. The molecule has 0 N–H and O–H groups in total. The van der Waals surface area contributed by atoms with E-state index in [4.69, 9.17) is 4.74 Å². The molecule has 0 aromatic carbocycles. The topological polar surface area (TPSA) is 59.5 Å². The van der Waals surface area contributed by atoms with Gasteiger partial charge in [0.2, 0.25) is 5.91 Å². The Morgan fingerprint density at radius 2 is 2.09 bits per heavy atom. The van der Waals surface area contributed by atoms with Gasteiger partial charge < -0.3 is 4.74 Å². The van der Waals surface area contributed by atoms with Crippen molar-refractivity contribution in [2.45, 2.75) is 40.7 Å². The Hall–Kier alpha value is -1.73. The highest BCUT2D eigenvalue weighted by Gasteiger charge is 2.16. The van der Waals surface area contributed by atoms with Gasteiger partial charge in [0.05, 0.1) is 5.69 Å². The van der Waals surface area contributed by atoms with Crippen LogP contribution in [-0.2, 0) is 22.6 Å². The largest absolute Gasteiger partial charge is 0.455 e. The van der Waals surface area contributed by atoms with Gasteiger partial charge in [-0.2, -0.15) is 0 Å². The fourth-order valence-corrected chi connectivity index (χ4v) is 4.09. The lowest BCUT2D eigenvalue weighted by Crippen LogP contribution is -2.27. The minimum absolute atomic E-state index is 0.0495. The first kappa shape index (κ1) is 17.6. The summed E-state index contributed by atoms with van der Waals surface area (Å²) in [5.41, 5.74) is 1.83. The molecule has 2 aromatic rings. The van der Waals surface area contributed by atoms with Crippen molar-refractivity contribution in [3.63, 3.8) is 0 Å². The first-order valence-electron chi connectivity index (χ1n) is 7.45. The summed E-state index contributed by atoms with van der Waals surface area (Å²) < 4.78 is 5.33. The molecule has 2 aromatic heterocycles. The van der Waals surface area contributed by atoms with Gasteiger partial charge in [0, 0.05) is 23.7 Å². The summed E-state index contributed by atoms with van der Waals surface area (Å²) in [6.07, 6.45) is 0.906. The van der Waals surface area contributed by atoms with E-state index in [1.165, 1.54) is 35.2 Å². The average Bonchev–Trinajstić information content (AvgIpc) is 3.12. The van der Waals surface area contributed by atoms with Gasteiger partial charge in [-0.1, -0.05) is 6.92 Å². The van der Waals surface area contributed by atoms with Crippen LogP contribution in [0.15, 0.2) is 11.4 Å². The summed E-state index contributed by atoms with van der Waals surface area (Å²) in [7, 11) is 0. The normalized spacial score (nSPS) is 10.6. The number of aryl methyl sites for hydroxylation is 2. The molecule has 0 aliphatic rings. The average molecular weight is 352 g/mol. The molecule has 0 unspecified atom stereocenters. The number of thiazole rings is 1. The number of carbonyl (C=O) groups excluding carboxylic acids is 2. The van der Waals surface area contributed by atoms with Crippen molar-refractivity contribution in [2.75, 3.05) is 11.4 Å². The van der Waals surface area contributed by atoms with Crippen molar-refractivity contribution in [2.24, 2.45) is 0 Å². The Morgan fingerprint density at radius 3 is 2.65 bits per heavy atom. The number of carbonyl (C=O) groups is 2. The SMILES string of the molecule is CCc1cc(C(=O)OCc2csc(N(CC)C(C)=O)n2)sc1C. The Kier molecular flexibility index (Phi) is 5.90. The highest BCUT2D eigenvalue weighted by Crippen LogP contribution is 2.24. The quantitative estimate of drug-likeness (QED) is 0.742. The van der Waals surface area contributed by atoms with Crippen molar-refractivity contribution in [3.05, 3.63) is 32.5 Å². The van der Waals surface area contributed by atoms with Gasteiger partial charge >= 0.3 is 5.97 Å². The number of aromatic nitrogens is 1. The molecule has 0 fully saturated rings. The maximum absolute atomic E-state index is 12.1. The van der Waals surface area contributed by atoms with Crippen molar-refractivity contribution in [1.82, 2.24) is 4.98 Å². The Morgan fingerprint density at radius 1 is 1.35 bits per heavy atom.